The molecule has 0 aliphatic heterocycles. The van der Waals surface area contributed by atoms with Gasteiger partial charge in [0.2, 0.25) is 5.91 Å². The maximum Gasteiger partial charge on any atom is 0.238 e. The van der Waals surface area contributed by atoms with Crippen molar-refractivity contribution in [1.82, 2.24) is 0 Å². The Morgan fingerprint density at radius 2 is 2.25 bits per heavy atom. The first-order valence-corrected chi connectivity index (χ1v) is 6.87. The Morgan fingerprint density at radius 1 is 1.65 bits per heavy atom. The van der Waals surface area contributed by atoms with E-state index in [1.54, 1.807) is 6.92 Å². The van der Waals surface area contributed by atoms with Gasteiger partial charge in [0.15, 0.2) is 5.84 Å². The molecule has 1 amide bonds. The molecule has 0 spiro atoms. The largest absolute Gasteiger partial charge is 0.409 e. The second-order valence-electron chi connectivity index (χ2n) is 4.37. The Balaban J connectivity index is 3.13. The Hall–Kier alpha value is -1.34. The van der Waals surface area contributed by atoms with Gasteiger partial charge in [-0.3, -0.25) is 4.79 Å². The van der Waals surface area contributed by atoms with Gasteiger partial charge in [-0.2, -0.15) is 0 Å². The van der Waals surface area contributed by atoms with Gasteiger partial charge in [-0.05, 0) is 41.4 Å². The summed E-state index contributed by atoms with van der Waals surface area (Å²) in [7, 11) is 0. The molecule has 0 aliphatic rings. The molecule has 1 atom stereocenters. The van der Waals surface area contributed by atoms with Crippen molar-refractivity contribution in [3.63, 3.8) is 0 Å². The fourth-order valence-corrected chi connectivity index (χ4v) is 2.38. The van der Waals surface area contributed by atoms with Crippen LogP contribution in [-0.2, 0) is 4.79 Å². The Morgan fingerprint density at radius 3 is 2.70 bits per heavy atom. The number of hydrogen-bond acceptors (Lipinski definition) is 3. The zero-order valence-electron chi connectivity index (χ0n) is 10.9. The standard InChI is InChI=1S/C12H14BrClFN3O2/c1-3-12(2,10(16)18-20)11(19)17-9-7(13)4-6(15)5-8(9)14/h4-5,20H,3H2,1-2H3,(H2,16,18)(H,17,19). The SMILES string of the molecule is CCC(C)(C(=O)Nc1c(Cl)cc(F)cc1Br)C(N)=NO. The highest BCUT2D eigenvalue weighted by atomic mass is 79.9. The van der Waals surface area contributed by atoms with E-state index in [0.717, 1.165) is 6.07 Å². The molecule has 4 N–H and O–H groups in total. The second-order valence-corrected chi connectivity index (χ2v) is 5.63. The van der Waals surface area contributed by atoms with Crippen molar-refractivity contribution in [1.29, 1.82) is 0 Å². The summed E-state index contributed by atoms with van der Waals surface area (Å²) >= 11 is 9.01. The van der Waals surface area contributed by atoms with Crippen LogP contribution >= 0.6 is 27.5 Å². The van der Waals surface area contributed by atoms with Crippen molar-refractivity contribution < 1.29 is 14.4 Å². The summed E-state index contributed by atoms with van der Waals surface area (Å²) in [5.74, 6) is -1.26. The average molecular weight is 367 g/mol. The van der Waals surface area contributed by atoms with E-state index < -0.39 is 17.1 Å². The molecular weight excluding hydrogens is 353 g/mol. The predicted octanol–water partition coefficient (Wildman–Crippen LogP) is 3.34. The number of carbonyl (C=O) groups excluding carboxylic acids is 1. The van der Waals surface area contributed by atoms with Crippen molar-refractivity contribution in [3.8, 4) is 0 Å². The molecular formula is C12H14BrClFN3O2. The van der Waals surface area contributed by atoms with Crippen LogP contribution < -0.4 is 11.1 Å². The Bertz CT molecular complexity index is 545. The monoisotopic (exact) mass is 365 g/mol. The van der Waals surface area contributed by atoms with E-state index in [4.69, 9.17) is 22.5 Å². The van der Waals surface area contributed by atoms with Crippen LogP contribution in [0, 0.1) is 11.2 Å². The van der Waals surface area contributed by atoms with Gasteiger partial charge >= 0.3 is 0 Å². The van der Waals surface area contributed by atoms with Crippen molar-refractivity contribution in [2.75, 3.05) is 5.32 Å². The topological polar surface area (TPSA) is 87.7 Å². The fourth-order valence-electron chi connectivity index (χ4n) is 1.48. The third-order valence-electron chi connectivity index (χ3n) is 3.13. The Labute approximate surface area is 129 Å². The highest BCUT2D eigenvalue weighted by Gasteiger charge is 2.37. The number of nitrogens with one attached hydrogen (secondary N) is 1. The maximum absolute atomic E-state index is 13.1. The van der Waals surface area contributed by atoms with Gasteiger partial charge in [0.1, 0.15) is 11.2 Å². The summed E-state index contributed by atoms with van der Waals surface area (Å²) in [6, 6.07) is 2.25. The minimum Gasteiger partial charge on any atom is -0.409 e. The van der Waals surface area contributed by atoms with E-state index in [1.807, 2.05) is 0 Å². The number of nitrogens with zero attached hydrogens (tertiary/aromatic N) is 1. The molecule has 1 aromatic rings. The van der Waals surface area contributed by atoms with Crippen LogP contribution in [0.2, 0.25) is 5.02 Å². The second kappa shape index (κ2) is 6.41. The van der Waals surface area contributed by atoms with Gasteiger partial charge in [-0.15, -0.1) is 0 Å². The van der Waals surface area contributed by atoms with Gasteiger partial charge in [0, 0.05) is 4.47 Å². The van der Waals surface area contributed by atoms with Gasteiger partial charge in [0.25, 0.3) is 0 Å². The van der Waals surface area contributed by atoms with Crippen molar-refractivity contribution in [2.24, 2.45) is 16.3 Å². The van der Waals surface area contributed by atoms with Gasteiger partial charge in [0.05, 0.1) is 10.7 Å². The summed E-state index contributed by atoms with van der Waals surface area (Å²) in [5.41, 5.74) is 4.57. The lowest BCUT2D eigenvalue weighted by molar-refractivity contribution is -0.121. The van der Waals surface area contributed by atoms with E-state index in [2.05, 4.69) is 26.4 Å². The first-order valence-electron chi connectivity index (χ1n) is 5.70. The molecule has 0 fully saturated rings. The number of anilines is 1. The first-order chi connectivity index (χ1) is 9.26. The molecule has 0 aliphatic carbocycles. The van der Waals surface area contributed by atoms with Crippen LogP contribution in [0.1, 0.15) is 20.3 Å². The van der Waals surface area contributed by atoms with Crippen molar-refractivity contribution in [3.05, 3.63) is 27.4 Å². The van der Waals surface area contributed by atoms with Gasteiger partial charge in [-0.1, -0.05) is 23.7 Å². The predicted molar refractivity (Wildman–Crippen MR) is 79.5 cm³/mol. The molecule has 0 saturated carbocycles. The van der Waals surface area contributed by atoms with Crippen LogP contribution in [0.3, 0.4) is 0 Å². The molecule has 5 nitrogen and oxygen atoms in total. The summed E-state index contributed by atoms with van der Waals surface area (Å²) in [6.07, 6.45) is 0.311. The fraction of sp³-hybridized carbons (Fsp3) is 0.333. The lowest BCUT2D eigenvalue weighted by atomic mass is 9.85. The molecule has 110 valence electrons. The van der Waals surface area contributed by atoms with E-state index in [9.17, 15) is 9.18 Å². The number of rotatable bonds is 4. The smallest absolute Gasteiger partial charge is 0.238 e. The minimum absolute atomic E-state index is 0.0446. The van der Waals surface area contributed by atoms with Gasteiger partial charge in [-0.25, -0.2) is 4.39 Å². The van der Waals surface area contributed by atoms with Crippen LogP contribution in [0.15, 0.2) is 21.8 Å². The lowest BCUT2D eigenvalue weighted by Crippen LogP contribution is -2.44. The van der Waals surface area contributed by atoms with Crippen LogP contribution in [0.4, 0.5) is 10.1 Å². The van der Waals surface area contributed by atoms with Crippen LogP contribution in [0.25, 0.3) is 0 Å². The van der Waals surface area contributed by atoms with E-state index in [-0.39, 0.29) is 16.5 Å². The molecule has 8 heteroatoms. The lowest BCUT2D eigenvalue weighted by Gasteiger charge is -2.25. The normalized spacial score (nSPS) is 14.8. The number of hydrogen-bond donors (Lipinski definition) is 3. The third-order valence-corrected chi connectivity index (χ3v) is 4.05. The highest BCUT2D eigenvalue weighted by Crippen LogP contribution is 2.33. The molecule has 1 rings (SSSR count). The van der Waals surface area contributed by atoms with Crippen molar-refractivity contribution >= 4 is 45.0 Å². The summed E-state index contributed by atoms with van der Waals surface area (Å²) in [4.78, 5) is 12.3. The number of benzene rings is 1. The van der Waals surface area contributed by atoms with Gasteiger partial charge < -0.3 is 16.3 Å². The molecule has 0 heterocycles. The van der Waals surface area contributed by atoms with E-state index >= 15 is 0 Å². The number of carbonyl (C=O) groups is 1. The maximum atomic E-state index is 13.1. The number of amides is 1. The van der Waals surface area contributed by atoms with E-state index in [1.165, 1.54) is 13.0 Å². The first kappa shape index (κ1) is 16.7. The molecule has 0 saturated heterocycles. The molecule has 0 aromatic heterocycles. The third kappa shape index (κ3) is 3.21. The molecule has 0 radical (unpaired) electrons. The number of amidine groups is 1. The number of nitrogens with two attached hydrogens (primary N) is 1. The highest BCUT2D eigenvalue weighted by molar-refractivity contribution is 9.10. The van der Waals surface area contributed by atoms with Crippen LogP contribution in [0.5, 0.6) is 0 Å². The zero-order chi connectivity index (χ0) is 15.5. The zero-order valence-corrected chi connectivity index (χ0v) is 13.2. The summed E-state index contributed by atoms with van der Waals surface area (Å²) in [6.45, 7) is 3.25. The Kier molecular flexibility index (Phi) is 5.35. The average Bonchev–Trinajstić information content (AvgIpc) is 2.40. The summed E-state index contributed by atoms with van der Waals surface area (Å²) < 4.78 is 13.4. The van der Waals surface area contributed by atoms with E-state index in [0.29, 0.717) is 10.9 Å². The minimum atomic E-state index is -1.20. The quantitative estimate of drug-likeness (QED) is 0.330. The molecule has 1 aromatic carbocycles. The number of oxime groups is 1. The number of halogens is 3. The molecule has 0 bridgehead atoms. The summed E-state index contributed by atoms with van der Waals surface area (Å²) in [5, 5.41) is 14.2. The van der Waals surface area contributed by atoms with Crippen LogP contribution in [-0.4, -0.2) is 17.0 Å². The van der Waals surface area contributed by atoms with Crippen molar-refractivity contribution in [2.45, 2.75) is 20.3 Å². The molecule has 20 heavy (non-hydrogen) atoms. The molecule has 1 unspecified atom stereocenters.